The molecule has 0 atom stereocenters. The van der Waals surface area contributed by atoms with Crippen molar-refractivity contribution in [3.05, 3.63) is 108 Å². The van der Waals surface area contributed by atoms with Crippen molar-refractivity contribution in [3.8, 4) is 22.6 Å². The molecule has 4 nitrogen and oxygen atoms in total. The summed E-state index contributed by atoms with van der Waals surface area (Å²) in [5.74, 6) is 0.407. The molecular weight excluding hydrogens is 447 g/mol. The maximum Gasteiger partial charge on any atom is 0.228 e. The fourth-order valence-corrected chi connectivity index (χ4v) is 4.00. The average Bonchev–Trinajstić information content (AvgIpc) is 2.84. The van der Waals surface area contributed by atoms with Crippen LogP contribution in [0.1, 0.15) is 12.5 Å². The van der Waals surface area contributed by atoms with Crippen LogP contribution in [0.2, 0.25) is 0 Å². The zero-order chi connectivity index (χ0) is 23.8. The van der Waals surface area contributed by atoms with Gasteiger partial charge in [0, 0.05) is 34.8 Å². The second-order valence-corrected chi connectivity index (χ2v) is 8.57. The Bertz CT molecular complexity index is 1250. The molecule has 1 amide bonds. The Morgan fingerprint density at radius 2 is 1.71 bits per heavy atom. The van der Waals surface area contributed by atoms with E-state index < -0.39 is 0 Å². The molecule has 0 spiro atoms. The third kappa shape index (κ3) is 6.47. The second kappa shape index (κ2) is 11.5. The predicted molar refractivity (Wildman–Crippen MR) is 137 cm³/mol. The number of nitrogens with one attached hydrogen (secondary N) is 2. The first-order chi connectivity index (χ1) is 16.6. The molecule has 0 radical (unpaired) electrons. The van der Waals surface area contributed by atoms with E-state index >= 15 is 0 Å². The Balaban J connectivity index is 1.52. The van der Waals surface area contributed by atoms with Crippen LogP contribution < -0.4 is 14.8 Å². The molecule has 34 heavy (non-hydrogen) atoms. The minimum atomic E-state index is -0.377. The minimum absolute atomic E-state index is 0.128. The van der Waals surface area contributed by atoms with Gasteiger partial charge in [0.25, 0.3) is 0 Å². The Morgan fingerprint density at radius 1 is 0.912 bits per heavy atom. The van der Waals surface area contributed by atoms with Crippen LogP contribution in [0.5, 0.6) is 11.5 Å². The van der Waals surface area contributed by atoms with Gasteiger partial charge in [-0.3, -0.25) is 9.52 Å². The lowest BCUT2D eigenvalue weighted by Gasteiger charge is -2.14. The number of hydrogen-bond acceptors (Lipinski definition) is 4. The van der Waals surface area contributed by atoms with Gasteiger partial charge in [0.15, 0.2) is 0 Å². The van der Waals surface area contributed by atoms with Gasteiger partial charge in [-0.15, -0.1) is 0 Å². The van der Waals surface area contributed by atoms with E-state index in [1.807, 2.05) is 73.7 Å². The van der Waals surface area contributed by atoms with Gasteiger partial charge in [-0.25, -0.2) is 4.39 Å². The van der Waals surface area contributed by atoms with Crippen molar-refractivity contribution in [2.75, 3.05) is 11.9 Å². The Labute approximate surface area is 203 Å². The maximum atomic E-state index is 13.7. The summed E-state index contributed by atoms with van der Waals surface area (Å²) in [5.41, 5.74) is 3.34. The van der Waals surface area contributed by atoms with E-state index in [0.717, 1.165) is 28.1 Å². The summed E-state index contributed by atoms with van der Waals surface area (Å²) < 4.78 is 22.9. The molecule has 0 bridgehead atoms. The van der Waals surface area contributed by atoms with Crippen LogP contribution >= 0.6 is 11.9 Å². The van der Waals surface area contributed by atoms with E-state index in [1.165, 1.54) is 12.1 Å². The van der Waals surface area contributed by atoms with Crippen LogP contribution in [0.3, 0.4) is 0 Å². The lowest BCUT2D eigenvalue weighted by Crippen LogP contribution is -2.14. The van der Waals surface area contributed by atoms with Gasteiger partial charge in [-0.2, -0.15) is 0 Å². The summed E-state index contributed by atoms with van der Waals surface area (Å²) in [6.07, 6.45) is 0.257. The number of carbonyl (C=O) groups excluding carboxylic acids is 1. The molecule has 0 aromatic heterocycles. The van der Waals surface area contributed by atoms with Crippen molar-refractivity contribution >= 4 is 23.5 Å². The second-order valence-electron chi connectivity index (χ2n) is 7.61. The number of hydrogen-bond donors (Lipinski definition) is 2. The molecular formula is C28H25FN2O2S. The smallest absolute Gasteiger partial charge is 0.228 e. The van der Waals surface area contributed by atoms with Gasteiger partial charge in [-0.05, 0) is 59.5 Å². The molecule has 0 heterocycles. The van der Waals surface area contributed by atoms with E-state index in [1.54, 1.807) is 30.1 Å². The van der Waals surface area contributed by atoms with Gasteiger partial charge >= 0.3 is 0 Å². The van der Waals surface area contributed by atoms with E-state index in [0.29, 0.717) is 17.2 Å². The number of ether oxygens (including phenoxy) is 1. The molecule has 2 N–H and O–H groups in total. The lowest BCUT2D eigenvalue weighted by atomic mass is 10.0. The van der Waals surface area contributed by atoms with Gasteiger partial charge in [-0.1, -0.05) is 55.5 Å². The largest absolute Gasteiger partial charge is 0.457 e. The standard InChI is InChI=1S/C28H25FN2O2S/c1-2-30-34-25-14-11-20(12-15-25)17-28(32)31-23-13-16-26(21-7-4-3-5-8-21)27(19-23)33-24-10-6-9-22(29)18-24/h3-16,18-19,30H,2,17H2,1H3,(H,31,32). The number of anilines is 1. The Kier molecular flexibility index (Phi) is 7.96. The molecule has 4 aromatic rings. The topological polar surface area (TPSA) is 50.4 Å². The highest BCUT2D eigenvalue weighted by molar-refractivity contribution is 7.97. The van der Waals surface area contributed by atoms with E-state index in [9.17, 15) is 9.18 Å². The minimum Gasteiger partial charge on any atom is -0.457 e. The number of amides is 1. The molecule has 4 rings (SSSR count). The summed E-state index contributed by atoms with van der Waals surface area (Å²) in [4.78, 5) is 13.8. The van der Waals surface area contributed by atoms with Crippen LogP contribution in [0, 0.1) is 5.82 Å². The zero-order valence-corrected chi connectivity index (χ0v) is 19.6. The first-order valence-corrected chi connectivity index (χ1v) is 11.8. The number of halogens is 1. The van der Waals surface area contributed by atoms with Crippen LogP contribution in [0.4, 0.5) is 10.1 Å². The zero-order valence-electron chi connectivity index (χ0n) is 18.8. The van der Waals surface area contributed by atoms with Crippen molar-refractivity contribution in [2.45, 2.75) is 18.2 Å². The summed E-state index contributed by atoms with van der Waals surface area (Å²) in [6.45, 7) is 2.93. The highest BCUT2D eigenvalue weighted by Crippen LogP contribution is 2.36. The van der Waals surface area contributed by atoms with Crippen LogP contribution in [0.15, 0.2) is 102 Å². The van der Waals surface area contributed by atoms with E-state index in [2.05, 4.69) is 10.0 Å². The third-order valence-electron chi connectivity index (χ3n) is 5.00. The summed E-state index contributed by atoms with van der Waals surface area (Å²) in [7, 11) is 0. The molecule has 6 heteroatoms. The number of carbonyl (C=O) groups is 1. The molecule has 0 aliphatic rings. The summed E-state index contributed by atoms with van der Waals surface area (Å²) in [5, 5.41) is 2.94. The summed E-state index contributed by atoms with van der Waals surface area (Å²) in [6, 6.07) is 29.2. The highest BCUT2D eigenvalue weighted by atomic mass is 32.2. The molecule has 4 aromatic carbocycles. The normalized spacial score (nSPS) is 10.6. The third-order valence-corrected chi connectivity index (χ3v) is 5.94. The molecule has 0 aliphatic carbocycles. The van der Waals surface area contributed by atoms with Crippen molar-refractivity contribution < 1.29 is 13.9 Å². The van der Waals surface area contributed by atoms with Crippen LogP contribution in [0.25, 0.3) is 11.1 Å². The van der Waals surface area contributed by atoms with Crippen molar-refractivity contribution in [3.63, 3.8) is 0 Å². The molecule has 0 saturated heterocycles. The first-order valence-electron chi connectivity index (χ1n) is 11.0. The molecule has 0 fully saturated rings. The molecule has 172 valence electrons. The predicted octanol–water partition coefficient (Wildman–Crippen LogP) is 7.08. The Hall–Kier alpha value is -3.61. The average molecular weight is 473 g/mol. The van der Waals surface area contributed by atoms with Crippen molar-refractivity contribution in [2.24, 2.45) is 0 Å². The fraction of sp³-hybridized carbons (Fsp3) is 0.107. The van der Waals surface area contributed by atoms with Gasteiger partial charge in [0.1, 0.15) is 17.3 Å². The first kappa shape index (κ1) is 23.5. The summed E-state index contributed by atoms with van der Waals surface area (Å²) >= 11 is 1.57. The maximum absolute atomic E-state index is 13.7. The number of benzene rings is 4. The van der Waals surface area contributed by atoms with Gasteiger partial charge in [0.2, 0.25) is 5.91 Å². The lowest BCUT2D eigenvalue weighted by molar-refractivity contribution is -0.115. The monoisotopic (exact) mass is 472 g/mol. The quantitative estimate of drug-likeness (QED) is 0.256. The van der Waals surface area contributed by atoms with E-state index in [-0.39, 0.29) is 18.1 Å². The van der Waals surface area contributed by atoms with Crippen LogP contribution in [-0.2, 0) is 11.2 Å². The van der Waals surface area contributed by atoms with Gasteiger partial charge < -0.3 is 10.1 Å². The fourth-order valence-electron chi connectivity index (χ4n) is 3.42. The van der Waals surface area contributed by atoms with Gasteiger partial charge in [0.05, 0.1) is 6.42 Å². The van der Waals surface area contributed by atoms with E-state index in [4.69, 9.17) is 4.74 Å². The van der Waals surface area contributed by atoms with Crippen molar-refractivity contribution in [1.82, 2.24) is 4.72 Å². The SMILES string of the molecule is CCNSc1ccc(CC(=O)Nc2ccc(-c3ccccc3)c(Oc3cccc(F)c3)c2)cc1. The highest BCUT2D eigenvalue weighted by Gasteiger charge is 2.12. The molecule has 0 unspecified atom stereocenters. The molecule has 0 aliphatic heterocycles. The number of rotatable bonds is 9. The van der Waals surface area contributed by atoms with Crippen LogP contribution in [-0.4, -0.2) is 12.5 Å². The molecule has 0 saturated carbocycles. The Morgan fingerprint density at radius 3 is 2.44 bits per heavy atom. The van der Waals surface area contributed by atoms with Crippen molar-refractivity contribution in [1.29, 1.82) is 0 Å².